The Hall–Kier alpha value is -2.20. The van der Waals surface area contributed by atoms with Gasteiger partial charge in [0.1, 0.15) is 0 Å². The van der Waals surface area contributed by atoms with Crippen LogP contribution in [0, 0.1) is 13.8 Å². The summed E-state index contributed by atoms with van der Waals surface area (Å²) in [5.74, 6) is -0.309. The van der Waals surface area contributed by atoms with Crippen LogP contribution in [0.3, 0.4) is 0 Å². The fraction of sp³-hybridized carbons (Fsp3) is 0.333. The monoisotopic (exact) mass is 298 g/mol. The van der Waals surface area contributed by atoms with E-state index in [2.05, 4.69) is 13.2 Å². The molecule has 1 atom stereocenters. The molecule has 1 aliphatic heterocycles. The van der Waals surface area contributed by atoms with Crippen LogP contribution in [0.15, 0.2) is 43.5 Å². The molecule has 1 aliphatic rings. The van der Waals surface area contributed by atoms with Crippen LogP contribution < -0.4 is 4.90 Å². The number of nitrogens with zero attached hydrogens (tertiary/aromatic N) is 2. The summed E-state index contributed by atoms with van der Waals surface area (Å²) < 4.78 is 0. The van der Waals surface area contributed by atoms with E-state index >= 15 is 0 Å². The third kappa shape index (κ3) is 2.88. The molecule has 0 aliphatic carbocycles. The largest absolute Gasteiger partial charge is 0.284 e. The van der Waals surface area contributed by atoms with Crippen molar-refractivity contribution in [1.82, 2.24) is 4.90 Å². The van der Waals surface area contributed by atoms with Crippen molar-refractivity contribution in [3.8, 4) is 0 Å². The molecule has 1 aromatic carbocycles. The summed E-state index contributed by atoms with van der Waals surface area (Å²) in [6.45, 7) is 12.4. The maximum absolute atomic E-state index is 12.8. The molecule has 0 saturated carbocycles. The van der Waals surface area contributed by atoms with Gasteiger partial charge in [-0.2, -0.15) is 0 Å². The molecule has 0 bridgehead atoms. The van der Waals surface area contributed by atoms with Crippen LogP contribution in [0.2, 0.25) is 0 Å². The molecule has 0 aromatic heterocycles. The number of aryl methyl sites for hydroxylation is 2. The number of hydrogen-bond donors (Lipinski definition) is 0. The topological polar surface area (TPSA) is 40.6 Å². The SMILES string of the molecule is C=CCN(CC=C)C1CC(=O)N(c2c(C)cccc2C)C1=O. The van der Waals surface area contributed by atoms with Gasteiger partial charge in [-0.3, -0.25) is 14.5 Å². The first-order valence-corrected chi connectivity index (χ1v) is 7.40. The second kappa shape index (κ2) is 6.71. The number of para-hydroxylation sites is 1. The highest BCUT2D eigenvalue weighted by molar-refractivity contribution is 6.23. The van der Waals surface area contributed by atoms with Gasteiger partial charge in [-0.1, -0.05) is 30.4 Å². The minimum absolute atomic E-state index is 0.148. The highest BCUT2D eigenvalue weighted by Gasteiger charge is 2.42. The maximum Gasteiger partial charge on any atom is 0.251 e. The third-order valence-corrected chi connectivity index (χ3v) is 3.95. The predicted molar refractivity (Wildman–Crippen MR) is 88.8 cm³/mol. The lowest BCUT2D eigenvalue weighted by Gasteiger charge is -2.25. The highest BCUT2D eigenvalue weighted by atomic mass is 16.2. The van der Waals surface area contributed by atoms with Crippen molar-refractivity contribution >= 4 is 17.5 Å². The molecule has 1 saturated heterocycles. The number of rotatable bonds is 6. The standard InChI is InChI=1S/C18H22N2O2/c1-5-10-19(11-6-2)15-12-16(21)20(18(15)22)17-13(3)8-7-9-14(17)4/h5-9,15H,1-2,10-12H2,3-4H3. The van der Waals surface area contributed by atoms with E-state index in [0.717, 1.165) is 16.8 Å². The molecule has 1 heterocycles. The molecule has 2 amide bonds. The van der Waals surface area contributed by atoms with Gasteiger partial charge in [-0.15, -0.1) is 13.2 Å². The van der Waals surface area contributed by atoms with Crippen molar-refractivity contribution in [2.75, 3.05) is 18.0 Å². The van der Waals surface area contributed by atoms with Crippen LogP contribution in [0.5, 0.6) is 0 Å². The molecule has 4 nitrogen and oxygen atoms in total. The summed E-state index contributed by atoms with van der Waals surface area (Å²) in [5, 5.41) is 0. The van der Waals surface area contributed by atoms with E-state index in [-0.39, 0.29) is 18.2 Å². The van der Waals surface area contributed by atoms with Crippen molar-refractivity contribution in [1.29, 1.82) is 0 Å². The van der Waals surface area contributed by atoms with Gasteiger partial charge in [0.15, 0.2) is 0 Å². The van der Waals surface area contributed by atoms with Crippen LogP contribution in [0.1, 0.15) is 17.5 Å². The van der Waals surface area contributed by atoms with E-state index in [0.29, 0.717) is 13.1 Å². The summed E-state index contributed by atoms with van der Waals surface area (Å²) in [4.78, 5) is 28.5. The van der Waals surface area contributed by atoms with Crippen LogP contribution in [-0.4, -0.2) is 35.8 Å². The molecule has 1 aromatic rings. The number of amides is 2. The molecule has 4 heteroatoms. The Morgan fingerprint density at radius 1 is 1.18 bits per heavy atom. The number of carbonyl (C=O) groups is 2. The molecule has 0 spiro atoms. The van der Waals surface area contributed by atoms with Gasteiger partial charge in [-0.25, -0.2) is 4.90 Å². The molecule has 1 fully saturated rings. The Bertz CT molecular complexity index is 591. The zero-order chi connectivity index (χ0) is 16.3. The second-order valence-electron chi connectivity index (χ2n) is 5.56. The molecule has 0 radical (unpaired) electrons. The van der Waals surface area contributed by atoms with Gasteiger partial charge < -0.3 is 0 Å². The zero-order valence-electron chi connectivity index (χ0n) is 13.2. The molecular weight excluding hydrogens is 276 g/mol. The van der Waals surface area contributed by atoms with Crippen LogP contribution in [0.4, 0.5) is 5.69 Å². The Balaban J connectivity index is 2.36. The van der Waals surface area contributed by atoms with Gasteiger partial charge in [0, 0.05) is 13.1 Å². The maximum atomic E-state index is 12.8. The molecule has 0 N–H and O–H groups in total. The van der Waals surface area contributed by atoms with E-state index < -0.39 is 6.04 Å². The summed E-state index contributed by atoms with van der Waals surface area (Å²) >= 11 is 0. The van der Waals surface area contributed by atoms with Crippen LogP contribution in [0.25, 0.3) is 0 Å². The first-order valence-electron chi connectivity index (χ1n) is 7.40. The second-order valence-corrected chi connectivity index (χ2v) is 5.56. The van der Waals surface area contributed by atoms with E-state index in [4.69, 9.17) is 0 Å². The average molecular weight is 298 g/mol. The summed E-state index contributed by atoms with van der Waals surface area (Å²) in [5.41, 5.74) is 2.58. The van der Waals surface area contributed by atoms with E-state index in [1.54, 1.807) is 12.2 Å². The quantitative estimate of drug-likeness (QED) is 0.599. The summed E-state index contributed by atoms with van der Waals surface area (Å²) in [7, 11) is 0. The lowest BCUT2D eigenvalue weighted by Crippen LogP contribution is -2.42. The van der Waals surface area contributed by atoms with Crippen LogP contribution >= 0.6 is 0 Å². The number of benzene rings is 1. The molecule has 1 unspecified atom stereocenters. The minimum Gasteiger partial charge on any atom is -0.284 e. The van der Waals surface area contributed by atoms with Crippen molar-refractivity contribution in [2.45, 2.75) is 26.3 Å². The Kier molecular flexibility index (Phi) is 4.93. The number of hydrogen-bond acceptors (Lipinski definition) is 3. The summed E-state index contributed by atoms with van der Waals surface area (Å²) in [6.07, 6.45) is 3.68. The molecule has 2 rings (SSSR count). The van der Waals surface area contributed by atoms with Crippen molar-refractivity contribution in [3.05, 3.63) is 54.6 Å². The Morgan fingerprint density at radius 3 is 2.23 bits per heavy atom. The zero-order valence-corrected chi connectivity index (χ0v) is 13.2. The molecule has 116 valence electrons. The lowest BCUT2D eigenvalue weighted by atomic mass is 10.1. The molecule has 22 heavy (non-hydrogen) atoms. The predicted octanol–water partition coefficient (Wildman–Crippen LogP) is 2.61. The fourth-order valence-corrected chi connectivity index (χ4v) is 2.96. The first-order chi connectivity index (χ1) is 10.5. The van der Waals surface area contributed by atoms with E-state index in [1.807, 2.05) is 36.9 Å². The van der Waals surface area contributed by atoms with Crippen molar-refractivity contribution in [3.63, 3.8) is 0 Å². The van der Waals surface area contributed by atoms with Gasteiger partial charge in [0.25, 0.3) is 5.91 Å². The van der Waals surface area contributed by atoms with Crippen molar-refractivity contribution in [2.24, 2.45) is 0 Å². The van der Waals surface area contributed by atoms with Crippen LogP contribution in [-0.2, 0) is 9.59 Å². The van der Waals surface area contributed by atoms with Gasteiger partial charge in [-0.05, 0) is 25.0 Å². The van der Waals surface area contributed by atoms with E-state index in [1.165, 1.54) is 4.90 Å². The smallest absolute Gasteiger partial charge is 0.251 e. The van der Waals surface area contributed by atoms with Crippen molar-refractivity contribution < 1.29 is 9.59 Å². The summed E-state index contributed by atoms with van der Waals surface area (Å²) in [6, 6.07) is 5.32. The number of imide groups is 1. The highest BCUT2D eigenvalue weighted by Crippen LogP contribution is 2.31. The van der Waals surface area contributed by atoms with Gasteiger partial charge >= 0.3 is 0 Å². The fourth-order valence-electron chi connectivity index (χ4n) is 2.96. The normalized spacial score (nSPS) is 18.1. The van der Waals surface area contributed by atoms with Gasteiger partial charge in [0.2, 0.25) is 5.91 Å². The lowest BCUT2D eigenvalue weighted by molar-refractivity contribution is -0.122. The van der Waals surface area contributed by atoms with E-state index in [9.17, 15) is 9.59 Å². The minimum atomic E-state index is -0.442. The molecular formula is C18H22N2O2. The first kappa shape index (κ1) is 16.2. The number of carbonyl (C=O) groups excluding carboxylic acids is 2. The Labute approximate surface area is 131 Å². The number of anilines is 1. The third-order valence-electron chi connectivity index (χ3n) is 3.95. The average Bonchev–Trinajstić information content (AvgIpc) is 2.75. The Morgan fingerprint density at radius 2 is 1.73 bits per heavy atom. The van der Waals surface area contributed by atoms with Gasteiger partial charge in [0.05, 0.1) is 18.2 Å².